The van der Waals surface area contributed by atoms with Crippen molar-refractivity contribution in [3.05, 3.63) is 0 Å². The lowest BCUT2D eigenvalue weighted by atomic mass is 10.00. The van der Waals surface area contributed by atoms with Gasteiger partial charge < -0.3 is 25.7 Å². The van der Waals surface area contributed by atoms with Crippen LogP contribution in [0.3, 0.4) is 0 Å². The Balaban J connectivity index is 0.000000640. The molecule has 2 unspecified atom stereocenters. The van der Waals surface area contributed by atoms with Crippen molar-refractivity contribution in [2.75, 3.05) is 32.8 Å². The first kappa shape index (κ1) is 22.8. The van der Waals surface area contributed by atoms with Crippen molar-refractivity contribution in [2.24, 2.45) is 5.73 Å². The van der Waals surface area contributed by atoms with Crippen LogP contribution >= 0.6 is 7.37 Å². The summed E-state index contributed by atoms with van der Waals surface area (Å²) >= 11 is 0. The van der Waals surface area contributed by atoms with E-state index in [2.05, 4.69) is 0 Å². The van der Waals surface area contributed by atoms with E-state index >= 15 is 0 Å². The molecule has 1 fully saturated rings. The van der Waals surface area contributed by atoms with Crippen LogP contribution in [0.15, 0.2) is 0 Å². The van der Waals surface area contributed by atoms with Gasteiger partial charge in [-0.15, -0.1) is 0 Å². The number of hydrogen-bond donors (Lipinski definition) is 4. The van der Waals surface area contributed by atoms with E-state index in [9.17, 15) is 32.5 Å². The summed E-state index contributed by atoms with van der Waals surface area (Å²) in [5.41, 5.74) is 5.37. The minimum atomic E-state index is -5.08. The van der Waals surface area contributed by atoms with Crippen molar-refractivity contribution >= 4 is 19.3 Å². The predicted octanol–water partition coefficient (Wildman–Crippen LogP) is 0.788. The van der Waals surface area contributed by atoms with Crippen LogP contribution in [0.4, 0.5) is 13.2 Å². The predicted molar refractivity (Wildman–Crippen MR) is 79.2 cm³/mol. The number of carboxylic acid groups (broad SMARTS) is 2. The van der Waals surface area contributed by atoms with Crippen molar-refractivity contribution in [1.82, 2.24) is 4.90 Å². The molecule has 0 aromatic carbocycles. The van der Waals surface area contributed by atoms with Crippen LogP contribution in [0, 0.1) is 0 Å². The summed E-state index contributed by atoms with van der Waals surface area (Å²) in [5, 5.41) is 15.0. The normalized spacial score (nSPS) is 27.9. The maximum Gasteiger partial charge on any atom is 0.490 e. The lowest BCUT2D eigenvalue weighted by Crippen LogP contribution is -2.53. The van der Waals surface area contributed by atoms with Crippen LogP contribution in [-0.4, -0.2) is 76.1 Å². The Morgan fingerprint density at radius 1 is 1.29 bits per heavy atom. The molecule has 1 aliphatic rings. The molecule has 1 rings (SSSR count). The van der Waals surface area contributed by atoms with Gasteiger partial charge in [0.25, 0.3) is 0 Å². The molecule has 5 N–H and O–H groups in total. The Labute approximate surface area is 136 Å². The van der Waals surface area contributed by atoms with Gasteiger partial charge in [0.05, 0.1) is 0 Å². The molecule has 0 aromatic heterocycles. The van der Waals surface area contributed by atoms with Crippen LogP contribution in [0.1, 0.15) is 19.3 Å². The quantitative estimate of drug-likeness (QED) is 0.406. The molecule has 142 valence electrons. The highest BCUT2D eigenvalue weighted by Gasteiger charge is 2.55. The maximum atomic E-state index is 12.2. The highest BCUT2D eigenvalue weighted by atomic mass is 31.2. The van der Waals surface area contributed by atoms with Crippen molar-refractivity contribution < 1.29 is 42.4 Å². The summed E-state index contributed by atoms with van der Waals surface area (Å²) in [6, 6.07) is 0. The Bertz CT molecular complexity index is 502. The first-order valence-corrected chi connectivity index (χ1v) is 8.88. The fourth-order valence-corrected chi connectivity index (χ4v) is 4.61. The molecule has 8 nitrogen and oxygen atoms in total. The first-order valence-electron chi connectivity index (χ1n) is 7.04. The van der Waals surface area contributed by atoms with Crippen LogP contribution in [-0.2, 0) is 14.2 Å². The van der Waals surface area contributed by atoms with Crippen LogP contribution in [0.25, 0.3) is 0 Å². The third-order valence-corrected chi connectivity index (χ3v) is 6.37. The SMILES string of the molecule is CN1CCP(=O)(O)C(CCCCN)(C(=O)O)C1.O=C(O)C(F)(F)F. The van der Waals surface area contributed by atoms with E-state index in [1.54, 1.807) is 7.05 Å². The first-order chi connectivity index (χ1) is 10.8. The number of unbranched alkanes of at least 4 members (excludes halogenated alkanes) is 1. The molecule has 1 aliphatic heterocycles. The van der Waals surface area contributed by atoms with Gasteiger partial charge in [-0.3, -0.25) is 9.36 Å². The molecule has 0 saturated carbocycles. The third-order valence-electron chi connectivity index (χ3n) is 3.67. The fourth-order valence-electron chi connectivity index (χ4n) is 2.30. The highest BCUT2D eigenvalue weighted by Crippen LogP contribution is 2.59. The maximum absolute atomic E-state index is 12.2. The van der Waals surface area contributed by atoms with E-state index in [0.717, 1.165) is 0 Å². The van der Waals surface area contributed by atoms with E-state index < -0.39 is 30.6 Å². The number of rotatable bonds is 5. The molecule has 0 aliphatic carbocycles. The molecular formula is C12H22F3N2O6P. The number of nitrogens with zero attached hydrogens (tertiary/aromatic N) is 1. The largest absolute Gasteiger partial charge is 0.490 e. The molecule has 12 heteroatoms. The minimum absolute atomic E-state index is 0.0540. The van der Waals surface area contributed by atoms with Gasteiger partial charge in [-0.2, -0.15) is 13.2 Å². The van der Waals surface area contributed by atoms with Crippen LogP contribution < -0.4 is 5.73 Å². The van der Waals surface area contributed by atoms with Crippen molar-refractivity contribution in [1.29, 1.82) is 0 Å². The lowest BCUT2D eigenvalue weighted by molar-refractivity contribution is -0.192. The highest BCUT2D eigenvalue weighted by molar-refractivity contribution is 7.61. The molecule has 1 heterocycles. The summed E-state index contributed by atoms with van der Waals surface area (Å²) < 4.78 is 43.9. The van der Waals surface area contributed by atoms with Crippen molar-refractivity contribution in [3.8, 4) is 0 Å². The molecule has 2 atom stereocenters. The van der Waals surface area contributed by atoms with Gasteiger partial charge in [-0.25, -0.2) is 4.79 Å². The number of halogens is 3. The molecule has 0 spiro atoms. The molecule has 0 aromatic rings. The Kier molecular flexibility index (Phi) is 8.37. The Morgan fingerprint density at radius 2 is 1.79 bits per heavy atom. The number of aliphatic carboxylic acids is 2. The molecule has 0 bridgehead atoms. The fraction of sp³-hybridized carbons (Fsp3) is 0.833. The number of nitrogens with two attached hydrogens (primary N) is 1. The van der Waals surface area contributed by atoms with Crippen molar-refractivity contribution in [2.45, 2.75) is 30.6 Å². The van der Waals surface area contributed by atoms with Crippen LogP contribution in [0.2, 0.25) is 0 Å². The Hall–Kier alpha value is -1.16. The van der Waals surface area contributed by atoms with Gasteiger partial charge >= 0.3 is 18.1 Å². The van der Waals surface area contributed by atoms with Crippen molar-refractivity contribution in [3.63, 3.8) is 0 Å². The average molecular weight is 378 g/mol. The van der Waals surface area contributed by atoms with Gasteiger partial charge in [0.1, 0.15) is 0 Å². The van der Waals surface area contributed by atoms with Gasteiger partial charge in [-0.05, 0) is 26.4 Å². The summed E-state index contributed by atoms with van der Waals surface area (Å²) in [5.74, 6) is -3.92. The molecule has 24 heavy (non-hydrogen) atoms. The molecule has 0 amide bonds. The smallest absolute Gasteiger partial charge is 0.480 e. The van der Waals surface area contributed by atoms with Gasteiger partial charge in [0.15, 0.2) is 5.16 Å². The topological polar surface area (TPSA) is 141 Å². The van der Waals surface area contributed by atoms with E-state index in [1.165, 1.54) is 0 Å². The number of carboxylic acids is 2. The third kappa shape index (κ3) is 6.04. The van der Waals surface area contributed by atoms with E-state index in [1.807, 2.05) is 4.90 Å². The number of hydrogen-bond acceptors (Lipinski definition) is 5. The second-order valence-corrected chi connectivity index (χ2v) is 8.25. The summed E-state index contributed by atoms with van der Waals surface area (Å²) in [4.78, 5) is 32.1. The zero-order valence-corrected chi connectivity index (χ0v) is 14.0. The molecular weight excluding hydrogens is 356 g/mol. The van der Waals surface area contributed by atoms with E-state index in [-0.39, 0.29) is 19.1 Å². The number of carbonyl (C=O) groups is 2. The van der Waals surface area contributed by atoms with Gasteiger partial charge in [0.2, 0.25) is 7.37 Å². The standard InChI is InChI=1S/C10H21N2O4P.C2HF3O2/c1-12-6-7-17(15,16)10(8-12,9(13)14)4-2-3-5-11;3-2(4,5)1(6)7/h2-8,11H2,1H3,(H,13,14)(H,15,16);(H,6,7). The van der Waals surface area contributed by atoms with E-state index in [0.29, 0.717) is 25.9 Å². The van der Waals surface area contributed by atoms with Gasteiger partial charge in [-0.1, -0.05) is 6.42 Å². The Morgan fingerprint density at radius 3 is 2.17 bits per heavy atom. The van der Waals surface area contributed by atoms with E-state index in [4.69, 9.17) is 15.6 Å². The monoisotopic (exact) mass is 378 g/mol. The summed E-state index contributed by atoms with van der Waals surface area (Å²) in [6.07, 6.45) is -3.56. The summed E-state index contributed by atoms with van der Waals surface area (Å²) in [7, 11) is -1.87. The van der Waals surface area contributed by atoms with Crippen LogP contribution in [0.5, 0.6) is 0 Å². The second-order valence-electron chi connectivity index (χ2n) is 5.55. The average Bonchev–Trinajstić information content (AvgIpc) is 2.42. The van der Waals surface area contributed by atoms with Gasteiger partial charge in [0, 0.05) is 19.3 Å². The lowest BCUT2D eigenvalue weighted by Gasteiger charge is -2.41. The molecule has 0 radical (unpaired) electrons. The zero-order valence-electron chi connectivity index (χ0n) is 13.1. The minimum Gasteiger partial charge on any atom is -0.480 e. The zero-order chi connectivity index (χ0) is 19.2. The second kappa shape index (κ2) is 8.80. The number of alkyl halides is 3. The molecule has 1 saturated heterocycles. The summed E-state index contributed by atoms with van der Waals surface area (Å²) in [6.45, 7) is 1.08.